The lowest BCUT2D eigenvalue weighted by Gasteiger charge is -2.35. The molecule has 1 fully saturated rings. The van der Waals surface area contributed by atoms with Crippen molar-refractivity contribution in [3.05, 3.63) is 54.4 Å². The van der Waals surface area contributed by atoms with Crippen LogP contribution in [-0.2, 0) is 16.0 Å². The summed E-state index contributed by atoms with van der Waals surface area (Å²) in [6.07, 6.45) is 5.95. The van der Waals surface area contributed by atoms with Crippen molar-refractivity contribution in [2.75, 3.05) is 19.7 Å². The first kappa shape index (κ1) is 16.7. The van der Waals surface area contributed by atoms with Gasteiger partial charge in [0.15, 0.2) is 0 Å². The summed E-state index contributed by atoms with van der Waals surface area (Å²) in [5.41, 5.74) is 3.07. The Morgan fingerprint density at radius 3 is 2.58 bits per heavy atom. The fraction of sp³-hybridized carbons (Fsp3) is 0.400. The molecule has 4 heteroatoms. The first-order valence-electron chi connectivity index (χ1n) is 8.61. The van der Waals surface area contributed by atoms with Crippen molar-refractivity contribution in [1.82, 2.24) is 10.3 Å². The van der Waals surface area contributed by atoms with E-state index in [-0.39, 0.29) is 5.97 Å². The number of hydrogen-bond donors (Lipinski definition) is 1. The lowest BCUT2D eigenvalue weighted by Crippen LogP contribution is -2.44. The molecule has 1 N–H and O–H groups in total. The van der Waals surface area contributed by atoms with Crippen molar-refractivity contribution >= 4 is 5.97 Å². The molecule has 24 heavy (non-hydrogen) atoms. The number of benzene rings is 1. The third-order valence-corrected chi connectivity index (χ3v) is 4.81. The zero-order chi connectivity index (χ0) is 16.8. The minimum Gasteiger partial charge on any atom is -0.466 e. The Kier molecular flexibility index (Phi) is 5.26. The molecule has 4 nitrogen and oxygen atoms in total. The van der Waals surface area contributed by atoms with Gasteiger partial charge < -0.3 is 10.1 Å². The van der Waals surface area contributed by atoms with Gasteiger partial charge in [-0.25, -0.2) is 0 Å². The third-order valence-electron chi connectivity index (χ3n) is 4.81. The maximum atomic E-state index is 12.7. The summed E-state index contributed by atoms with van der Waals surface area (Å²) in [5.74, 6) is -0.0592. The summed E-state index contributed by atoms with van der Waals surface area (Å²) >= 11 is 0. The molecule has 1 aliphatic heterocycles. The Balaban J connectivity index is 1.95. The predicted octanol–water partition coefficient (Wildman–Crippen LogP) is 3.22. The van der Waals surface area contributed by atoms with Crippen LogP contribution in [0.25, 0.3) is 11.1 Å². The second-order valence-corrected chi connectivity index (χ2v) is 6.32. The topological polar surface area (TPSA) is 51.2 Å². The molecule has 0 unspecified atom stereocenters. The molecule has 2 heterocycles. The average molecular weight is 324 g/mol. The number of esters is 1. The summed E-state index contributed by atoms with van der Waals surface area (Å²) in [4.78, 5) is 16.8. The van der Waals surface area contributed by atoms with E-state index in [9.17, 15) is 4.79 Å². The molecule has 0 radical (unpaired) electrons. The number of ether oxygens (including phenoxy) is 1. The molecule has 0 spiro atoms. The highest BCUT2D eigenvalue weighted by atomic mass is 16.5. The molecule has 2 aromatic rings. The van der Waals surface area contributed by atoms with Crippen LogP contribution in [0.1, 0.15) is 25.3 Å². The second-order valence-electron chi connectivity index (χ2n) is 6.32. The number of carbonyl (C=O) groups is 1. The van der Waals surface area contributed by atoms with Gasteiger partial charge in [-0.2, -0.15) is 0 Å². The van der Waals surface area contributed by atoms with E-state index in [1.165, 1.54) is 11.1 Å². The third kappa shape index (κ3) is 3.49. The number of carbonyl (C=O) groups excluding carboxylic acids is 1. The van der Waals surface area contributed by atoms with Crippen LogP contribution >= 0.6 is 0 Å². The zero-order valence-electron chi connectivity index (χ0n) is 14.1. The predicted molar refractivity (Wildman–Crippen MR) is 94.5 cm³/mol. The second kappa shape index (κ2) is 7.58. The molecule has 3 rings (SSSR count). The van der Waals surface area contributed by atoms with Gasteiger partial charge in [-0.3, -0.25) is 9.78 Å². The number of pyridine rings is 1. The van der Waals surface area contributed by atoms with Crippen LogP contribution < -0.4 is 5.32 Å². The van der Waals surface area contributed by atoms with E-state index in [0.717, 1.165) is 31.5 Å². The summed E-state index contributed by atoms with van der Waals surface area (Å²) in [6.45, 7) is 4.02. The van der Waals surface area contributed by atoms with Gasteiger partial charge in [0.1, 0.15) is 0 Å². The highest BCUT2D eigenvalue weighted by Crippen LogP contribution is 2.37. The number of nitrogens with one attached hydrogen (secondary N) is 1. The van der Waals surface area contributed by atoms with Crippen molar-refractivity contribution in [3.63, 3.8) is 0 Å². The number of aromatic nitrogens is 1. The molecule has 0 amide bonds. The normalized spacial score (nSPS) is 16.5. The van der Waals surface area contributed by atoms with Gasteiger partial charge in [0.25, 0.3) is 0 Å². The number of rotatable bonds is 5. The van der Waals surface area contributed by atoms with Crippen LogP contribution in [0.4, 0.5) is 0 Å². The average Bonchev–Trinajstić information content (AvgIpc) is 2.64. The van der Waals surface area contributed by atoms with Crippen molar-refractivity contribution in [2.24, 2.45) is 5.41 Å². The molecule has 0 aliphatic carbocycles. The molecular weight excluding hydrogens is 300 g/mol. The van der Waals surface area contributed by atoms with E-state index >= 15 is 0 Å². The van der Waals surface area contributed by atoms with Crippen LogP contribution in [0, 0.1) is 5.41 Å². The summed E-state index contributed by atoms with van der Waals surface area (Å²) in [6, 6.07) is 12.3. The van der Waals surface area contributed by atoms with Gasteiger partial charge in [-0.05, 0) is 68.1 Å². The lowest BCUT2D eigenvalue weighted by atomic mass is 9.73. The number of nitrogens with zero attached hydrogens (tertiary/aromatic N) is 1. The summed E-state index contributed by atoms with van der Waals surface area (Å²) in [5, 5.41) is 3.35. The highest BCUT2D eigenvalue weighted by molar-refractivity contribution is 5.78. The molecule has 0 saturated carbocycles. The zero-order valence-corrected chi connectivity index (χ0v) is 14.1. The van der Waals surface area contributed by atoms with Crippen LogP contribution in [0.3, 0.4) is 0 Å². The van der Waals surface area contributed by atoms with Crippen molar-refractivity contribution in [2.45, 2.75) is 26.2 Å². The molecule has 0 atom stereocenters. The standard InChI is InChI=1S/C20H24N2O2/c1-2-24-19(23)20(9-13-22-14-10-20)15-17-5-3-4-6-18(17)16-7-11-21-12-8-16/h3-8,11-12,22H,2,9-10,13-15H2,1H3. The van der Waals surface area contributed by atoms with Crippen LogP contribution in [0.5, 0.6) is 0 Å². The van der Waals surface area contributed by atoms with Gasteiger partial charge in [0.2, 0.25) is 0 Å². The van der Waals surface area contributed by atoms with Gasteiger partial charge >= 0.3 is 5.97 Å². The minimum absolute atomic E-state index is 0.0592. The van der Waals surface area contributed by atoms with E-state index in [2.05, 4.69) is 22.4 Å². The molecule has 1 aromatic carbocycles. The maximum Gasteiger partial charge on any atom is 0.312 e. The first-order valence-corrected chi connectivity index (χ1v) is 8.61. The van der Waals surface area contributed by atoms with E-state index in [4.69, 9.17) is 4.74 Å². The monoisotopic (exact) mass is 324 g/mol. The first-order chi connectivity index (χ1) is 11.7. The quantitative estimate of drug-likeness (QED) is 0.858. The van der Waals surface area contributed by atoms with Gasteiger partial charge in [0, 0.05) is 12.4 Å². The van der Waals surface area contributed by atoms with Crippen LogP contribution in [-0.4, -0.2) is 30.6 Å². The van der Waals surface area contributed by atoms with E-state index < -0.39 is 5.41 Å². The maximum absolute atomic E-state index is 12.7. The summed E-state index contributed by atoms with van der Waals surface area (Å²) < 4.78 is 5.43. The SMILES string of the molecule is CCOC(=O)C1(Cc2ccccc2-c2ccncc2)CCNCC1. The molecule has 1 aromatic heterocycles. The molecular formula is C20H24N2O2. The molecule has 1 saturated heterocycles. The smallest absolute Gasteiger partial charge is 0.312 e. The minimum atomic E-state index is -0.426. The number of hydrogen-bond acceptors (Lipinski definition) is 4. The van der Waals surface area contributed by atoms with E-state index in [0.29, 0.717) is 13.0 Å². The Morgan fingerprint density at radius 2 is 1.88 bits per heavy atom. The fourth-order valence-corrected chi connectivity index (χ4v) is 3.49. The fourth-order valence-electron chi connectivity index (χ4n) is 3.49. The van der Waals surface area contributed by atoms with Crippen molar-refractivity contribution in [3.8, 4) is 11.1 Å². The van der Waals surface area contributed by atoms with Crippen LogP contribution in [0.15, 0.2) is 48.8 Å². The van der Waals surface area contributed by atoms with Gasteiger partial charge in [-0.1, -0.05) is 24.3 Å². The lowest BCUT2D eigenvalue weighted by molar-refractivity contribution is -0.157. The van der Waals surface area contributed by atoms with E-state index in [1.807, 2.05) is 31.2 Å². The Bertz CT molecular complexity index is 679. The summed E-state index contributed by atoms with van der Waals surface area (Å²) in [7, 11) is 0. The Morgan fingerprint density at radius 1 is 1.17 bits per heavy atom. The van der Waals surface area contributed by atoms with E-state index in [1.54, 1.807) is 12.4 Å². The molecule has 126 valence electrons. The largest absolute Gasteiger partial charge is 0.466 e. The molecule has 0 bridgehead atoms. The van der Waals surface area contributed by atoms with Crippen molar-refractivity contribution in [1.29, 1.82) is 0 Å². The highest BCUT2D eigenvalue weighted by Gasteiger charge is 2.41. The Hall–Kier alpha value is -2.20. The van der Waals surface area contributed by atoms with Gasteiger partial charge in [-0.15, -0.1) is 0 Å². The van der Waals surface area contributed by atoms with Crippen molar-refractivity contribution < 1.29 is 9.53 Å². The number of piperidine rings is 1. The van der Waals surface area contributed by atoms with Gasteiger partial charge in [0.05, 0.1) is 12.0 Å². The Labute approximate surface area is 143 Å². The van der Waals surface area contributed by atoms with Crippen LogP contribution in [0.2, 0.25) is 0 Å². The molecule has 1 aliphatic rings.